The van der Waals surface area contributed by atoms with Crippen molar-refractivity contribution >= 4 is 5.91 Å². The van der Waals surface area contributed by atoms with Crippen molar-refractivity contribution in [2.45, 2.75) is 59.5 Å². The number of hydrogen-bond acceptors (Lipinski definition) is 4. The Hall–Kier alpha value is -1.40. The van der Waals surface area contributed by atoms with E-state index in [1.807, 2.05) is 4.68 Å². The van der Waals surface area contributed by atoms with E-state index in [1.54, 1.807) is 0 Å². The van der Waals surface area contributed by atoms with E-state index in [9.17, 15) is 4.79 Å². The average Bonchev–Trinajstić information content (AvgIpc) is 2.86. The van der Waals surface area contributed by atoms with Crippen LogP contribution in [0.25, 0.3) is 0 Å². The zero-order valence-electron chi connectivity index (χ0n) is 16.6. The van der Waals surface area contributed by atoms with E-state index in [4.69, 9.17) is 0 Å². The zero-order chi connectivity index (χ0) is 18.4. The molecule has 6 nitrogen and oxygen atoms in total. The lowest BCUT2D eigenvalue weighted by Gasteiger charge is -2.36. The summed E-state index contributed by atoms with van der Waals surface area (Å²) in [5, 5.41) is 7.62. The van der Waals surface area contributed by atoms with E-state index in [0.29, 0.717) is 19.0 Å². The molecule has 1 aromatic heterocycles. The summed E-state index contributed by atoms with van der Waals surface area (Å²) in [4.78, 5) is 17.0. The molecule has 142 valence electrons. The number of piperazine rings is 1. The Morgan fingerprint density at radius 2 is 1.92 bits per heavy atom. The van der Waals surface area contributed by atoms with E-state index in [1.165, 1.54) is 11.3 Å². The third-order valence-electron chi connectivity index (χ3n) is 5.48. The predicted molar refractivity (Wildman–Crippen MR) is 102 cm³/mol. The van der Waals surface area contributed by atoms with Crippen LogP contribution in [0.4, 0.5) is 0 Å². The smallest absolute Gasteiger partial charge is 0.220 e. The van der Waals surface area contributed by atoms with Crippen molar-refractivity contribution in [2.75, 3.05) is 39.8 Å². The first-order valence-electron chi connectivity index (χ1n) is 9.64. The standard InChI is InChI=1S/C19H35N5O/c1-6-18-16(3)21-24(17(18)4)10-9-20-19(25)8-7-15(2)23-13-11-22(5)12-14-23/h15H,6-14H2,1-5H3,(H,20,25)/t15-/m1/s1. The van der Waals surface area contributed by atoms with Gasteiger partial charge in [-0.3, -0.25) is 14.4 Å². The van der Waals surface area contributed by atoms with Crippen LogP contribution in [-0.4, -0.2) is 71.3 Å². The summed E-state index contributed by atoms with van der Waals surface area (Å²) in [6, 6.07) is 0.475. The third-order valence-corrected chi connectivity index (χ3v) is 5.48. The van der Waals surface area contributed by atoms with E-state index in [2.05, 4.69) is 55.0 Å². The van der Waals surface area contributed by atoms with Crippen LogP contribution in [0.2, 0.25) is 0 Å². The lowest BCUT2D eigenvalue weighted by Crippen LogP contribution is -2.48. The van der Waals surface area contributed by atoms with Gasteiger partial charge < -0.3 is 10.2 Å². The largest absolute Gasteiger partial charge is 0.354 e. The number of aryl methyl sites for hydroxylation is 1. The third kappa shape index (κ3) is 5.54. The van der Waals surface area contributed by atoms with Crippen LogP contribution in [0.3, 0.4) is 0 Å². The van der Waals surface area contributed by atoms with Gasteiger partial charge in [-0.05, 0) is 46.2 Å². The van der Waals surface area contributed by atoms with Crippen molar-refractivity contribution < 1.29 is 4.79 Å². The van der Waals surface area contributed by atoms with Crippen molar-refractivity contribution in [3.8, 4) is 0 Å². The van der Waals surface area contributed by atoms with Crippen molar-refractivity contribution in [2.24, 2.45) is 0 Å². The highest BCUT2D eigenvalue weighted by atomic mass is 16.1. The number of rotatable bonds is 8. The van der Waals surface area contributed by atoms with Gasteiger partial charge in [0.25, 0.3) is 0 Å². The second-order valence-electron chi connectivity index (χ2n) is 7.30. The Bertz CT molecular complexity index is 560. The number of nitrogens with zero attached hydrogens (tertiary/aromatic N) is 4. The quantitative estimate of drug-likeness (QED) is 0.774. The molecule has 1 aliphatic rings. The molecule has 2 heterocycles. The summed E-state index contributed by atoms with van der Waals surface area (Å²) < 4.78 is 2.02. The van der Waals surface area contributed by atoms with E-state index in [-0.39, 0.29) is 5.91 Å². The summed E-state index contributed by atoms with van der Waals surface area (Å²) in [7, 11) is 2.17. The van der Waals surface area contributed by atoms with Crippen LogP contribution in [-0.2, 0) is 17.8 Å². The van der Waals surface area contributed by atoms with Crippen LogP contribution in [0, 0.1) is 13.8 Å². The Balaban J connectivity index is 1.67. The van der Waals surface area contributed by atoms with Crippen LogP contribution < -0.4 is 5.32 Å². The molecule has 0 aliphatic carbocycles. The molecule has 0 unspecified atom stereocenters. The summed E-state index contributed by atoms with van der Waals surface area (Å²) in [5.74, 6) is 0.151. The van der Waals surface area contributed by atoms with Gasteiger partial charge in [0.15, 0.2) is 0 Å². The van der Waals surface area contributed by atoms with Gasteiger partial charge in [0, 0.05) is 50.9 Å². The Morgan fingerprint density at radius 1 is 1.24 bits per heavy atom. The van der Waals surface area contributed by atoms with Gasteiger partial charge in [0.1, 0.15) is 0 Å². The fourth-order valence-electron chi connectivity index (χ4n) is 3.64. The van der Waals surface area contributed by atoms with Crippen LogP contribution >= 0.6 is 0 Å². The lowest BCUT2D eigenvalue weighted by atomic mass is 10.1. The molecule has 1 aromatic rings. The van der Waals surface area contributed by atoms with Gasteiger partial charge in [-0.2, -0.15) is 5.10 Å². The van der Waals surface area contributed by atoms with Gasteiger partial charge >= 0.3 is 0 Å². The van der Waals surface area contributed by atoms with Gasteiger partial charge in [-0.15, -0.1) is 0 Å². The number of carbonyl (C=O) groups is 1. The summed E-state index contributed by atoms with van der Waals surface area (Å²) >= 11 is 0. The second kappa shape index (κ2) is 9.34. The highest BCUT2D eigenvalue weighted by Gasteiger charge is 2.19. The van der Waals surface area contributed by atoms with Gasteiger partial charge in [0.05, 0.1) is 12.2 Å². The van der Waals surface area contributed by atoms with E-state index in [0.717, 1.165) is 51.3 Å². The number of amides is 1. The predicted octanol–water partition coefficient (Wildman–Crippen LogP) is 1.59. The fraction of sp³-hybridized carbons (Fsp3) is 0.789. The maximum atomic E-state index is 12.1. The highest BCUT2D eigenvalue weighted by Crippen LogP contribution is 2.13. The van der Waals surface area contributed by atoms with Crippen LogP contribution in [0.5, 0.6) is 0 Å². The molecule has 1 atom stereocenters. The second-order valence-corrected chi connectivity index (χ2v) is 7.30. The zero-order valence-corrected chi connectivity index (χ0v) is 16.6. The van der Waals surface area contributed by atoms with Crippen molar-refractivity contribution in [3.05, 3.63) is 17.0 Å². The van der Waals surface area contributed by atoms with Gasteiger partial charge in [-0.25, -0.2) is 0 Å². The maximum Gasteiger partial charge on any atom is 0.220 e. The number of carbonyl (C=O) groups excluding carboxylic acids is 1. The molecule has 0 saturated carbocycles. The topological polar surface area (TPSA) is 53.4 Å². The minimum Gasteiger partial charge on any atom is -0.354 e. The summed E-state index contributed by atoms with van der Waals surface area (Å²) in [6.07, 6.45) is 2.54. The maximum absolute atomic E-state index is 12.1. The number of likely N-dealkylation sites (N-methyl/N-ethyl adjacent to an activating group) is 1. The van der Waals surface area contributed by atoms with E-state index >= 15 is 0 Å². The molecular formula is C19H35N5O. The Labute approximate surface area is 152 Å². The minimum atomic E-state index is 0.151. The molecule has 2 rings (SSSR count). The van der Waals surface area contributed by atoms with Crippen molar-refractivity contribution in [3.63, 3.8) is 0 Å². The van der Waals surface area contributed by atoms with Gasteiger partial charge in [-0.1, -0.05) is 6.92 Å². The van der Waals surface area contributed by atoms with Crippen molar-refractivity contribution in [1.82, 2.24) is 24.9 Å². The molecule has 0 radical (unpaired) electrons. The molecule has 1 saturated heterocycles. The molecule has 1 N–H and O–H groups in total. The lowest BCUT2D eigenvalue weighted by molar-refractivity contribution is -0.121. The molecule has 0 bridgehead atoms. The van der Waals surface area contributed by atoms with Gasteiger partial charge in [0.2, 0.25) is 5.91 Å². The highest BCUT2D eigenvalue weighted by molar-refractivity contribution is 5.75. The number of aromatic nitrogens is 2. The molecule has 6 heteroatoms. The first kappa shape index (κ1) is 19.9. The molecule has 0 aromatic carbocycles. The normalized spacial score (nSPS) is 17.6. The number of nitrogens with one attached hydrogen (secondary N) is 1. The van der Waals surface area contributed by atoms with Crippen molar-refractivity contribution in [1.29, 1.82) is 0 Å². The first-order valence-corrected chi connectivity index (χ1v) is 9.64. The van der Waals surface area contributed by atoms with Crippen LogP contribution in [0.15, 0.2) is 0 Å². The fourth-order valence-corrected chi connectivity index (χ4v) is 3.64. The molecule has 1 fully saturated rings. The molecular weight excluding hydrogens is 314 g/mol. The molecule has 1 aliphatic heterocycles. The Morgan fingerprint density at radius 3 is 2.52 bits per heavy atom. The average molecular weight is 350 g/mol. The van der Waals surface area contributed by atoms with E-state index < -0.39 is 0 Å². The summed E-state index contributed by atoms with van der Waals surface area (Å²) in [6.45, 7) is 14.4. The monoisotopic (exact) mass is 349 g/mol. The van der Waals surface area contributed by atoms with Crippen LogP contribution in [0.1, 0.15) is 43.6 Å². The summed E-state index contributed by atoms with van der Waals surface area (Å²) in [5.41, 5.74) is 3.65. The SMILES string of the molecule is CCc1c(C)nn(CCNC(=O)CC[C@@H](C)N2CCN(C)CC2)c1C. The number of hydrogen-bond donors (Lipinski definition) is 1. The first-order chi connectivity index (χ1) is 11.9. The molecule has 25 heavy (non-hydrogen) atoms. The Kier molecular flexibility index (Phi) is 7.44. The minimum absolute atomic E-state index is 0.151. The molecule has 0 spiro atoms. The molecule has 1 amide bonds.